The quantitative estimate of drug-likeness (QED) is 0.564. The van der Waals surface area contributed by atoms with E-state index in [1.807, 2.05) is 0 Å². The first-order chi connectivity index (χ1) is 9.41. The summed E-state index contributed by atoms with van der Waals surface area (Å²) in [5, 5.41) is 0.582. The molecule has 0 N–H and O–H groups in total. The molecule has 20 heavy (non-hydrogen) atoms. The summed E-state index contributed by atoms with van der Waals surface area (Å²) in [6.45, 7) is -3.00. The van der Waals surface area contributed by atoms with Gasteiger partial charge in [-0.3, -0.25) is 0 Å². The standard InChI is InChI=1S/C13H6Cl4F2O/c14-8-5-4-6(10(16)11(8)17)7-2-1-3-9(15)12(7)20-13(18)19/h1-5,13H. The minimum absolute atomic E-state index is 0.0462. The van der Waals surface area contributed by atoms with Crippen molar-refractivity contribution in [2.45, 2.75) is 6.61 Å². The van der Waals surface area contributed by atoms with E-state index in [0.29, 0.717) is 11.1 Å². The Morgan fingerprint density at radius 1 is 0.800 bits per heavy atom. The summed E-state index contributed by atoms with van der Waals surface area (Å²) in [4.78, 5) is 0. The van der Waals surface area contributed by atoms with Gasteiger partial charge in [-0.1, -0.05) is 64.6 Å². The molecule has 0 unspecified atom stereocenters. The van der Waals surface area contributed by atoms with Crippen LogP contribution in [0.4, 0.5) is 8.78 Å². The van der Waals surface area contributed by atoms with Crippen LogP contribution in [0.1, 0.15) is 0 Å². The first kappa shape index (κ1) is 15.6. The maximum absolute atomic E-state index is 12.5. The van der Waals surface area contributed by atoms with Gasteiger partial charge >= 0.3 is 6.61 Å². The zero-order valence-electron chi connectivity index (χ0n) is 9.64. The van der Waals surface area contributed by atoms with Crippen molar-refractivity contribution in [3.63, 3.8) is 0 Å². The van der Waals surface area contributed by atoms with Gasteiger partial charge in [-0.2, -0.15) is 8.78 Å². The van der Waals surface area contributed by atoms with Gasteiger partial charge in [-0.15, -0.1) is 0 Å². The maximum atomic E-state index is 12.5. The average Bonchev–Trinajstić information content (AvgIpc) is 2.39. The minimum atomic E-state index is -3.00. The van der Waals surface area contributed by atoms with Gasteiger partial charge < -0.3 is 4.74 Å². The zero-order valence-corrected chi connectivity index (χ0v) is 12.7. The number of benzene rings is 2. The monoisotopic (exact) mass is 356 g/mol. The first-order valence-electron chi connectivity index (χ1n) is 5.29. The predicted molar refractivity (Wildman–Crippen MR) is 78.6 cm³/mol. The van der Waals surface area contributed by atoms with E-state index >= 15 is 0 Å². The molecule has 0 saturated heterocycles. The Hall–Kier alpha value is -0.740. The molecule has 2 rings (SSSR count). The van der Waals surface area contributed by atoms with Crippen LogP contribution in [0.5, 0.6) is 5.75 Å². The van der Waals surface area contributed by atoms with Crippen molar-refractivity contribution in [1.82, 2.24) is 0 Å². The second-order valence-electron chi connectivity index (χ2n) is 3.72. The lowest BCUT2D eigenvalue weighted by atomic mass is 10.0. The van der Waals surface area contributed by atoms with E-state index in [-0.39, 0.29) is 25.8 Å². The second kappa shape index (κ2) is 6.35. The lowest BCUT2D eigenvalue weighted by Crippen LogP contribution is -2.04. The van der Waals surface area contributed by atoms with E-state index in [1.165, 1.54) is 12.1 Å². The summed E-state index contributed by atoms with van der Waals surface area (Å²) in [6.07, 6.45) is 0. The average molecular weight is 358 g/mol. The van der Waals surface area contributed by atoms with Crippen molar-refractivity contribution < 1.29 is 13.5 Å². The number of para-hydroxylation sites is 1. The van der Waals surface area contributed by atoms with Crippen molar-refractivity contribution in [2.24, 2.45) is 0 Å². The van der Waals surface area contributed by atoms with Crippen molar-refractivity contribution >= 4 is 46.4 Å². The summed E-state index contributed by atoms with van der Waals surface area (Å²) < 4.78 is 29.4. The summed E-state index contributed by atoms with van der Waals surface area (Å²) in [5.41, 5.74) is 0.709. The smallest absolute Gasteiger partial charge is 0.387 e. The van der Waals surface area contributed by atoms with Crippen LogP contribution in [0.25, 0.3) is 11.1 Å². The number of hydrogen-bond acceptors (Lipinski definition) is 1. The summed E-state index contributed by atoms with van der Waals surface area (Å²) in [6, 6.07) is 7.65. The Bertz CT molecular complexity index is 647. The van der Waals surface area contributed by atoms with Crippen LogP contribution in [-0.2, 0) is 0 Å². The second-order valence-corrected chi connectivity index (χ2v) is 5.29. The molecular weight excluding hydrogens is 352 g/mol. The Labute approximate surface area is 134 Å². The van der Waals surface area contributed by atoms with E-state index < -0.39 is 6.61 Å². The topological polar surface area (TPSA) is 9.23 Å². The van der Waals surface area contributed by atoms with Crippen molar-refractivity contribution in [3.8, 4) is 16.9 Å². The van der Waals surface area contributed by atoms with Gasteiger partial charge in [0.05, 0.1) is 20.1 Å². The molecule has 0 radical (unpaired) electrons. The molecule has 7 heteroatoms. The van der Waals surface area contributed by atoms with Crippen LogP contribution in [0, 0.1) is 0 Å². The van der Waals surface area contributed by atoms with Gasteiger partial charge in [0.2, 0.25) is 0 Å². The van der Waals surface area contributed by atoms with Crippen molar-refractivity contribution in [1.29, 1.82) is 0 Å². The van der Waals surface area contributed by atoms with Gasteiger partial charge in [-0.25, -0.2) is 0 Å². The Kier molecular flexibility index (Phi) is 4.97. The molecule has 0 saturated carbocycles. The molecule has 0 spiro atoms. The van der Waals surface area contributed by atoms with E-state index in [1.54, 1.807) is 18.2 Å². The third-order valence-corrected chi connectivity index (χ3v) is 4.09. The first-order valence-corrected chi connectivity index (χ1v) is 6.80. The fraction of sp³-hybridized carbons (Fsp3) is 0.0769. The van der Waals surface area contributed by atoms with Gasteiger partial charge in [-0.05, 0) is 12.1 Å². The van der Waals surface area contributed by atoms with Crippen LogP contribution < -0.4 is 4.74 Å². The molecule has 0 aliphatic carbocycles. The lowest BCUT2D eigenvalue weighted by Gasteiger charge is -2.14. The number of rotatable bonds is 3. The molecule has 0 aliphatic heterocycles. The summed E-state index contributed by atoms with van der Waals surface area (Å²) in [7, 11) is 0. The molecule has 2 aromatic carbocycles. The zero-order chi connectivity index (χ0) is 14.9. The Morgan fingerprint density at radius 3 is 2.15 bits per heavy atom. The van der Waals surface area contributed by atoms with E-state index in [9.17, 15) is 8.78 Å². The van der Waals surface area contributed by atoms with E-state index in [0.717, 1.165) is 0 Å². The summed E-state index contributed by atoms with van der Waals surface area (Å²) in [5.74, 6) is -0.163. The normalized spacial score (nSPS) is 10.9. The molecule has 0 bridgehead atoms. The molecule has 1 nitrogen and oxygen atoms in total. The molecular formula is C13H6Cl4F2O. The Balaban J connectivity index is 2.64. The maximum Gasteiger partial charge on any atom is 0.387 e. The number of halogens is 6. The van der Waals surface area contributed by atoms with Crippen molar-refractivity contribution in [2.75, 3.05) is 0 Å². The molecule has 0 aliphatic rings. The molecule has 0 aromatic heterocycles. The number of ether oxygens (including phenoxy) is 1. The largest absolute Gasteiger partial charge is 0.433 e. The number of hydrogen-bond donors (Lipinski definition) is 0. The van der Waals surface area contributed by atoms with Crippen LogP contribution in [0.3, 0.4) is 0 Å². The fourth-order valence-corrected chi connectivity index (χ4v) is 2.52. The van der Waals surface area contributed by atoms with Crippen LogP contribution >= 0.6 is 46.4 Å². The van der Waals surface area contributed by atoms with E-state index in [2.05, 4.69) is 4.74 Å². The van der Waals surface area contributed by atoms with E-state index in [4.69, 9.17) is 46.4 Å². The molecule has 2 aromatic rings. The highest BCUT2D eigenvalue weighted by Gasteiger charge is 2.18. The van der Waals surface area contributed by atoms with Crippen LogP contribution in [0.15, 0.2) is 30.3 Å². The molecule has 0 amide bonds. The van der Waals surface area contributed by atoms with Crippen molar-refractivity contribution in [3.05, 3.63) is 50.4 Å². The van der Waals surface area contributed by atoms with Crippen LogP contribution in [-0.4, -0.2) is 6.61 Å². The highest BCUT2D eigenvalue weighted by atomic mass is 35.5. The minimum Gasteiger partial charge on any atom is -0.433 e. The highest BCUT2D eigenvalue weighted by Crippen LogP contribution is 2.43. The third-order valence-electron chi connectivity index (χ3n) is 2.50. The highest BCUT2D eigenvalue weighted by molar-refractivity contribution is 6.49. The van der Waals surface area contributed by atoms with Gasteiger partial charge in [0.25, 0.3) is 0 Å². The molecule has 0 fully saturated rings. The fourth-order valence-electron chi connectivity index (χ4n) is 1.66. The SMILES string of the molecule is FC(F)Oc1c(Cl)cccc1-c1ccc(Cl)c(Cl)c1Cl. The lowest BCUT2D eigenvalue weighted by molar-refractivity contribution is -0.0493. The molecule has 0 heterocycles. The van der Waals surface area contributed by atoms with Gasteiger partial charge in [0, 0.05) is 11.1 Å². The Morgan fingerprint density at radius 2 is 1.50 bits per heavy atom. The molecule has 106 valence electrons. The number of alkyl halides is 2. The predicted octanol–water partition coefficient (Wildman–Crippen LogP) is 6.57. The van der Waals surface area contributed by atoms with Gasteiger partial charge in [0.15, 0.2) is 5.75 Å². The van der Waals surface area contributed by atoms with Crippen LogP contribution in [0.2, 0.25) is 20.1 Å². The third kappa shape index (κ3) is 3.12. The molecule has 0 atom stereocenters. The summed E-state index contributed by atoms with van der Waals surface area (Å²) >= 11 is 23.8. The van der Waals surface area contributed by atoms with Gasteiger partial charge in [0.1, 0.15) is 0 Å².